The van der Waals surface area contributed by atoms with Crippen molar-refractivity contribution in [2.45, 2.75) is 13.8 Å². The minimum atomic E-state index is -0.789. The summed E-state index contributed by atoms with van der Waals surface area (Å²) in [6.07, 6.45) is 1.57. The molecule has 0 atom stereocenters. The molecule has 218 valence electrons. The molecule has 1 aromatic heterocycles. The molecule has 1 aliphatic heterocycles. The number of rotatable bonds is 7. The van der Waals surface area contributed by atoms with Gasteiger partial charge in [-0.15, -0.1) is 0 Å². The number of imide groups is 2. The maximum absolute atomic E-state index is 13.9. The summed E-state index contributed by atoms with van der Waals surface area (Å²) in [6, 6.07) is 33.9. The molecule has 1 N–H and O–H groups in total. The van der Waals surface area contributed by atoms with Crippen LogP contribution >= 0.6 is 15.9 Å². The van der Waals surface area contributed by atoms with Crippen LogP contribution in [-0.4, -0.2) is 29.0 Å². The number of benzene rings is 4. The molecule has 6 rings (SSSR count). The van der Waals surface area contributed by atoms with Crippen molar-refractivity contribution < 1.29 is 19.1 Å². The molecule has 0 saturated carbocycles. The SMILES string of the molecule is CCOc1ccc(-n2c(-c3ccccc3)cc(/C=C3/C(=O)NC(=O)N(c4ccc(Br)cc4C)C3=O)c2-c2ccccc2)cc1. The molecule has 0 bridgehead atoms. The van der Waals surface area contributed by atoms with Crippen LogP contribution in [0, 0.1) is 6.92 Å². The normalized spacial score (nSPS) is 14.2. The summed E-state index contributed by atoms with van der Waals surface area (Å²) in [5.41, 5.74) is 5.95. The Balaban J connectivity index is 1.58. The van der Waals surface area contributed by atoms with Gasteiger partial charge in [0.25, 0.3) is 11.8 Å². The number of aromatic nitrogens is 1. The van der Waals surface area contributed by atoms with E-state index in [1.54, 1.807) is 25.1 Å². The molecule has 0 unspecified atom stereocenters. The van der Waals surface area contributed by atoms with Crippen LogP contribution in [-0.2, 0) is 9.59 Å². The smallest absolute Gasteiger partial charge is 0.335 e. The van der Waals surface area contributed by atoms with Crippen LogP contribution in [0.3, 0.4) is 0 Å². The number of hydrogen-bond donors (Lipinski definition) is 1. The number of amides is 4. The summed E-state index contributed by atoms with van der Waals surface area (Å²) < 4.78 is 8.61. The fourth-order valence-corrected chi connectivity index (χ4v) is 5.86. The molecule has 1 aliphatic rings. The molecule has 4 amide bonds. The lowest BCUT2D eigenvalue weighted by Crippen LogP contribution is -2.54. The van der Waals surface area contributed by atoms with Gasteiger partial charge in [0.15, 0.2) is 0 Å². The summed E-state index contributed by atoms with van der Waals surface area (Å²) in [7, 11) is 0. The fraction of sp³-hybridized carbons (Fsp3) is 0.0833. The van der Waals surface area contributed by atoms with Crippen LogP contribution in [0.25, 0.3) is 34.3 Å². The van der Waals surface area contributed by atoms with Gasteiger partial charge in [0, 0.05) is 15.7 Å². The van der Waals surface area contributed by atoms with Crippen molar-refractivity contribution >= 4 is 45.5 Å². The highest BCUT2D eigenvalue weighted by Crippen LogP contribution is 2.38. The van der Waals surface area contributed by atoms with Gasteiger partial charge in [-0.1, -0.05) is 76.6 Å². The second-order valence-corrected chi connectivity index (χ2v) is 11.1. The van der Waals surface area contributed by atoms with Crippen molar-refractivity contribution in [2.75, 3.05) is 11.5 Å². The first-order valence-corrected chi connectivity index (χ1v) is 14.9. The third-order valence-corrected chi connectivity index (χ3v) is 7.85. The molecule has 1 fully saturated rings. The van der Waals surface area contributed by atoms with Gasteiger partial charge < -0.3 is 9.30 Å². The molecule has 0 aliphatic carbocycles. The fourth-order valence-electron chi connectivity index (χ4n) is 5.38. The van der Waals surface area contributed by atoms with Gasteiger partial charge in [-0.05, 0) is 85.1 Å². The minimum absolute atomic E-state index is 0.146. The van der Waals surface area contributed by atoms with E-state index in [-0.39, 0.29) is 5.57 Å². The van der Waals surface area contributed by atoms with Crippen molar-refractivity contribution in [3.63, 3.8) is 0 Å². The van der Waals surface area contributed by atoms with Crippen molar-refractivity contribution in [1.29, 1.82) is 0 Å². The van der Waals surface area contributed by atoms with Crippen LogP contribution in [0.5, 0.6) is 5.75 Å². The number of urea groups is 1. The number of aryl methyl sites for hydroxylation is 1. The standard InChI is InChI=1S/C36H28BrN3O4/c1-3-44-29-17-15-28(16-18-29)39-32(24-10-6-4-7-11-24)22-26(33(39)25-12-8-5-9-13-25)21-30-34(41)38-36(43)40(35(30)42)31-19-14-27(37)20-23(31)2/h4-22H,3H2,1-2H3,(H,38,41,43)/b30-21-. The first-order valence-electron chi connectivity index (χ1n) is 14.1. The van der Waals surface area contributed by atoms with Crippen LogP contribution in [0.4, 0.5) is 10.5 Å². The maximum Gasteiger partial charge on any atom is 0.335 e. The number of barbiturate groups is 1. The van der Waals surface area contributed by atoms with Gasteiger partial charge in [0.2, 0.25) is 0 Å². The van der Waals surface area contributed by atoms with E-state index in [4.69, 9.17) is 4.74 Å². The molecule has 2 heterocycles. The van der Waals surface area contributed by atoms with Crippen molar-refractivity contribution in [3.05, 3.63) is 130 Å². The van der Waals surface area contributed by atoms with Crippen molar-refractivity contribution in [3.8, 4) is 34.0 Å². The van der Waals surface area contributed by atoms with E-state index >= 15 is 0 Å². The number of anilines is 1. The van der Waals surface area contributed by atoms with Crippen LogP contribution < -0.4 is 15.0 Å². The molecule has 8 heteroatoms. The molecule has 1 saturated heterocycles. The molecule has 0 spiro atoms. The quantitative estimate of drug-likeness (QED) is 0.144. The van der Waals surface area contributed by atoms with E-state index in [9.17, 15) is 14.4 Å². The first-order chi connectivity index (χ1) is 21.4. The third-order valence-electron chi connectivity index (χ3n) is 7.35. The highest BCUT2D eigenvalue weighted by molar-refractivity contribution is 9.10. The summed E-state index contributed by atoms with van der Waals surface area (Å²) in [5, 5.41) is 2.36. The number of nitrogens with one attached hydrogen (secondary N) is 1. The molecule has 7 nitrogen and oxygen atoms in total. The second-order valence-electron chi connectivity index (χ2n) is 10.2. The minimum Gasteiger partial charge on any atom is -0.494 e. The molecule has 4 aromatic carbocycles. The van der Waals surface area contributed by atoms with E-state index in [0.29, 0.717) is 23.4 Å². The zero-order valence-corrected chi connectivity index (χ0v) is 25.7. The number of carbonyl (C=O) groups is 3. The molecule has 0 radical (unpaired) electrons. The van der Waals surface area contributed by atoms with E-state index < -0.39 is 17.8 Å². The van der Waals surface area contributed by atoms with E-state index in [1.165, 1.54) is 0 Å². The Kier molecular flexibility index (Phi) is 8.00. The Morgan fingerprint density at radius 2 is 1.48 bits per heavy atom. The third kappa shape index (κ3) is 5.47. The Morgan fingerprint density at radius 3 is 2.11 bits per heavy atom. The first kappa shape index (κ1) is 28.9. The largest absolute Gasteiger partial charge is 0.494 e. The lowest BCUT2D eigenvalue weighted by Gasteiger charge is -2.27. The monoisotopic (exact) mass is 645 g/mol. The van der Waals surface area contributed by atoms with Gasteiger partial charge in [0.1, 0.15) is 11.3 Å². The summed E-state index contributed by atoms with van der Waals surface area (Å²) in [4.78, 5) is 41.1. The predicted molar refractivity (Wildman–Crippen MR) is 176 cm³/mol. The number of carbonyl (C=O) groups excluding carboxylic acids is 3. The number of ether oxygens (including phenoxy) is 1. The van der Waals surface area contributed by atoms with Gasteiger partial charge in [-0.25, -0.2) is 9.69 Å². The molecular formula is C36H28BrN3O4. The highest BCUT2D eigenvalue weighted by Gasteiger charge is 2.38. The average molecular weight is 647 g/mol. The number of hydrogen-bond acceptors (Lipinski definition) is 4. The van der Waals surface area contributed by atoms with Gasteiger partial charge >= 0.3 is 6.03 Å². The van der Waals surface area contributed by atoms with Gasteiger partial charge in [0.05, 0.1) is 23.7 Å². The maximum atomic E-state index is 13.9. The Morgan fingerprint density at radius 1 is 0.818 bits per heavy atom. The zero-order chi connectivity index (χ0) is 30.8. The Bertz CT molecular complexity index is 1910. The van der Waals surface area contributed by atoms with E-state index in [1.807, 2.05) is 104 Å². The van der Waals surface area contributed by atoms with Crippen LogP contribution in [0.1, 0.15) is 18.1 Å². The summed E-state index contributed by atoms with van der Waals surface area (Å²) in [5.74, 6) is -0.691. The van der Waals surface area contributed by atoms with E-state index in [0.717, 1.165) is 43.3 Å². The van der Waals surface area contributed by atoms with Crippen LogP contribution in [0.15, 0.2) is 119 Å². The average Bonchev–Trinajstić information content (AvgIpc) is 3.41. The Hall–Kier alpha value is -5.21. The zero-order valence-electron chi connectivity index (χ0n) is 24.1. The van der Waals surface area contributed by atoms with E-state index in [2.05, 4.69) is 25.8 Å². The number of nitrogens with zero attached hydrogens (tertiary/aromatic N) is 2. The molecular weight excluding hydrogens is 618 g/mol. The summed E-state index contributed by atoms with van der Waals surface area (Å²) in [6.45, 7) is 4.30. The Labute approximate surface area is 263 Å². The molecule has 44 heavy (non-hydrogen) atoms. The second kappa shape index (κ2) is 12.2. The topological polar surface area (TPSA) is 80.6 Å². The lowest BCUT2D eigenvalue weighted by molar-refractivity contribution is -0.122. The van der Waals surface area contributed by atoms with Crippen molar-refractivity contribution in [1.82, 2.24) is 9.88 Å². The van der Waals surface area contributed by atoms with Crippen LogP contribution in [0.2, 0.25) is 0 Å². The molecule has 5 aromatic rings. The van der Waals surface area contributed by atoms with Gasteiger partial charge in [-0.2, -0.15) is 0 Å². The van der Waals surface area contributed by atoms with Gasteiger partial charge in [-0.3, -0.25) is 14.9 Å². The van der Waals surface area contributed by atoms with Crippen molar-refractivity contribution in [2.24, 2.45) is 0 Å². The summed E-state index contributed by atoms with van der Waals surface area (Å²) >= 11 is 3.43. The lowest BCUT2D eigenvalue weighted by atomic mass is 10.0. The highest BCUT2D eigenvalue weighted by atomic mass is 79.9. The number of halogens is 1. The predicted octanol–water partition coefficient (Wildman–Crippen LogP) is 7.95.